The van der Waals surface area contributed by atoms with E-state index >= 15 is 0 Å². The molecule has 0 bridgehead atoms. The minimum absolute atomic E-state index is 0.0646. The highest BCUT2D eigenvalue weighted by Crippen LogP contribution is 2.21. The smallest absolute Gasteiger partial charge is 0.261 e. The lowest BCUT2D eigenvalue weighted by atomic mass is 10.3. The van der Waals surface area contributed by atoms with E-state index in [0.29, 0.717) is 9.21 Å². The lowest BCUT2D eigenvalue weighted by molar-refractivity contribution is 0.0926. The van der Waals surface area contributed by atoms with Crippen LogP contribution in [-0.2, 0) is 0 Å². The van der Waals surface area contributed by atoms with Crippen LogP contribution in [-0.4, -0.2) is 23.7 Å². The summed E-state index contributed by atoms with van der Waals surface area (Å²) in [6.07, 6.45) is 0. The Morgan fingerprint density at radius 2 is 2.46 bits per heavy atom. The maximum atomic E-state index is 11.4. The second-order valence-corrected chi connectivity index (χ2v) is 4.38. The van der Waals surface area contributed by atoms with Gasteiger partial charge in [-0.15, -0.1) is 11.3 Å². The third-order valence-corrected chi connectivity index (χ3v) is 2.68. The molecule has 0 aromatic carbocycles. The number of halogens is 1. The first kappa shape index (κ1) is 10.5. The Hall–Kier alpha value is -0.580. The first-order valence-electron chi connectivity index (χ1n) is 3.80. The van der Waals surface area contributed by atoms with E-state index in [2.05, 4.69) is 5.32 Å². The van der Waals surface area contributed by atoms with Gasteiger partial charge in [0.15, 0.2) is 0 Å². The van der Waals surface area contributed by atoms with Crippen LogP contribution in [0.25, 0.3) is 0 Å². The first-order chi connectivity index (χ1) is 6.13. The van der Waals surface area contributed by atoms with Crippen LogP contribution in [0.1, 0.15) is 16.6 Å². The number of carbonyl (C=O) groups excluding carboxylic acids is 1. The van der Waals surface area contributed by atoms with E-state index in [-0.39, 0.29) is 18.6 Å². The molecule has 0 unspecified atom stereocenters. The van der Waals surface area contributed by atoms with Gasteiger partial charge in [-0.1, -0.05) is 11.6 Å². The molecule has 0 saturated heterocycles. The average Bonchev–Trinajstić information content (AvgIpc) is 2.51. The molecule has 72 valence electrons. The lowest BCUT2D eigenvalue weighted by Gasteiger charge is -2.08. The van der Waals surface area contributed by atoms with Crippen molar-refractivity contribution in [2.45, 2.75) is 13.0 Å². The van der Waals surface area contributed by atoms with Crippen LogP contribution in [0.3, 0.4) is 0 Å². The number of aliphatic hydroxyl groups is 1. The van der Waals surface area contributed by atoms with Gasteiger partial charge in [0.2, 0.25) is 0 Å². The molecule has 1 rings (SSSR count). The normalized spacial score (nSPS) is 12.5. The summed E-state index contributed by atoms with van der Waals surface area (Å²) in [5.74, 6) is -0.196. The number of hydrogen-bond donors (Lipinski definition) is 2. The second-order valence-electron chi connectivity index (χ2n) is 2.66. The summed E-state index contributed by atoms with van der Waals surface area (Å²) in [4.78, 5) is 11.9. The third kappa shape index (κ3) is 2.99. The van der Waals surface area contributed by atoms with Gasteiger partial charge in [-0.25, -0.2) is 0 Å². The summed E-state index contributed by atoms with van der Waals surface area (Å²) in [6, 6.07) is 3.10. The predicted octanol–water partition coefficient (Wildman–Crippen LogP) is 1.51. The molecule has 0 aliphatic rings. The van der Waals surface area contributed by atoms with Gasteiger partial charge in [-0.05, 0) is 19.1 Å². The zero-order valence-electron chi connectivity index (χ0n) is 7.08. The van der Waals surface area contributed by atoms with Crippen molar-refractivity contribution in [3.8, 4) is 0 Å². The minimum Gasteiger partial charge on any atom is -0.394 e. The highest BCUT2D eigenvalue weighted by Gasteiger charge is 2.10. The summed E-state index contributed by atoms with van der Waals surface area (Å²) >= 11 is 6.88. The molecule has 2 N–H and O–H groups in total. The van der Waals surface area contributed by atoms with Crippen LogP contribution in [0.5, 0.6) is 0 Å². The van der Waals surface area contributed by atoms with Crippen molar-refractivity contribution in [2.24, 2.45) is 0 Å². The topological polar surface area (TPSA) is 49.3 Å². The summed E-state index contributed by atoms with van der Waals surface area (Å²) < 4.78 is 0.585. The van der Waals surface area contributed by atoms with Crippen LogP contribution in [0, 0.1) is 0 Å². The molecule has 1 aromatic heterocycles. The Balaban J connectivity index is 2.58. The number of amides is 1. The van der Waals surface area contributed by atoms with E-state index in [0.717, 1.165) is 0 Å². The number of nitrogens with one attached hydrogen (secondary N) is 1. The Morgan fingerprint density at radius 3 is 2.92 bits per heavy atom. The van der Waals surface area contributed by atoms with Gasteiger partial charge in [-0.3, -0.25) is 4.79 Å². The Labute approximate surface area is 85.3 Å². The zero-order valence-corrected chi connectivity index (χ0v) is 8.65. The van der Waals surface area contributed by atoms with E-state index in [1.807, 2.05) is 0 Å². The van der Waals surface area contributed by atoms with E-state index in [4.69, 9.17) is 16.7 Å². The van der Waals surface area contributed by atoms with Crippen molar-refractivity contribution >= 4 is 28.8 Å². The molecule has 0 saturated carbocycles. The lowest BCUT2D eigenvalue weighted by Crippen LogP contribution is -2.34. The second kappa shape index (κ2) is 4.60. The molecule has 0 spiro atoms. The van der Waals surface area contributed by atoms with Crippen molar-refractivity contribution in [1.29, 1.82) is 0 Å². The van der Waals surface area contributed by atoms with Gasteiger partial charge >= 0.3 is 0 Å². The maximum Gasteiger partial charge on any atom is 0.261 e. The van der Waals surface area contributed by atoms with Crippen molar-refractivity contribution in [3.63, 3.8) is 0 Å². The number of aliphatic hydroxyl groups excluding tert-OH is 1. The van der Waals surface area contributed by atoms with Crippen LogP contribution < -0.4 is 5.32 Å². The summed E-state index contributed by atoms with van der Waals surface area (Å²) in [6.45, 7) is 1.66. The number of rotatable bonds is 3. The molecular formula is C8H10ClNO2S. The molecule has 0 fully saturated rings. The molecule has 1 atom stereocenters. The van der Waals surface area contributed by atoms with E-state index in [1.54, 1.807) is 19.1 Å². The number of carbonyl (C=O) groups is 1. The number of thiophene rings is 1. The summed E-state index contributed by atoms with van der Waals surface area (Å²) in [5, 5.41) is 11.3. The number of hydrogen-bond acceptors (Lipinski definition) is 3. The van der Waals surface area contributed by atoms with Crippen LogP contribution in [0.4, 0.5) is 0 Å². The summed E-state index contributed by atoms with van der Waals surface area (Å²) in [7, 11) is 0. The first-order valence-corrected chi connectivity index (χ1v) is 5.00. The monoisotopic (exact) mass is 219 g/mol. The van der Waals surface area contributed by atoms with Crippen LogP contribution in [0.15, 0.2) is 12.1 Å². The standard InChI is InChI=1S/C8H10ClNO2S/c1-5(4-11)10-8(12)6-2-3-7(9)13-6/h2-3,5,11H,4H2,1H3,(H,10,12)/t5-/m0/s1. The molecule has 1 aromatic rings. The minimum atomic E-state index is -0.228. The molecule has 13 heavy (non-hydrogen) atoms. The highest BCUT2D eigenvalue weighted by atomic mass is 35.5. The van der Waals surface area contributed by atoms with Gasteiger partial charge in [-0.2, -0.15) is 0 Å². The van der Waals surface area contributed by atoms with Gasteiger partial charge < -0.3 is 10.4 Å². The maximum absolute atomic E-state index is 11.4. The SMILES string of the molecule is C[C@@H](CO)NC(=O)c1ccc(Cl)s1. The predicted molar refractivity (Wildman–Crippen MR) is 53.3 cm³/mol. The molecule has 3 nitrogen and oxygen atoms in total. The fourth-order valence-electron chi connectivity index (χ4n) is 0.777. The largest absolute Gasteiger partial charge is 0.394 e. The van der Waals surface area contributed by atoms with Crippen molar-refractivity contribution in [2.75, 3.05) is 6.61 Å². The fraction of sp³-hybridized carbons (Fsp3) is 0.375. The molecule has 1 amide bonds. The molecule has 1 heterocycles. The molecule has 0 aliphatic carbocycles. The zero-order chi connectivity index (χ0) is 9.84. The van der Waals surface area contributed by atoms with Crippen molar-refractivity contribution < 1.29 is 9.90 Å². The van der Waals surface area contributed by atoms with Crippen LogP contribution in [0.2, 0.25) is 4.34 Å². The van der Waals surface area contributed by atoms with Crippen molar-refractivity contribution in [3.05, 3.63) is 21.3 Å². The van der Waals surface area contributed by atoms with E-state index in [9.17, 15) is 4.79 Å². The highest BCUT2D eigenvalue weighted by molar-refractivity contribution is 7.17. The Bertz CT molecular complexity index is 300. The molecule has 5 heteroatoms. The molecule has 0 radical (unpaired) electrons. The average molecular weight is 220 g/mol. The van der Waals surface area contributed by atoms with E-state index in [1.165, 1.54) is 11.3 Å². The molecular weight excluding hydrogens is 210 g/mol. The van der Waals surface area contributed by atoms with Gasteiger partial charge in [0.05, 0.1) is 15.8 Å². The van der Waals surface area contributed by atoms with Gasteiger partial charge in [0, 0.05) is 6.04 Å². The quantitative estimate of drug-likeness (QED) is 0.810. The van der Waals surface area contributed by atoms with Gasteiger partial charge in [0.25, 0.3) is 5.91 Å². The van der Waals surface area contributed by atoms with E-state index < -0.39 is 0 Å². The fourth-order valence-corrected chi connectivity index (χ4v) is 1.72. The summed E-state index contributed by atoms with van der Waals surface area (Å²) in [5.41, 5.74) is 0. The van der Waals surface area contributed by atoms with Gasteiger partial charge in [0.1, 0.15) is 0 Å². The molecule has 0 aliphatic heterocycles. The van der Waals surface area contributed by atoms with Crippen molar-refractivity contribution in [1.82, 2.24) is 5.32 Å². The Kier molecular flexibility index (Phi) is 3.71. The third-order valence-electron chi connectivity index (χ3n) is 1.45. The Morgan fingerprint density at radius 1 is 1.77 bits per heavy atom. The van der Waals surface area contributed by atoms with Crippen LogP contribution >= 0.6 is 22.9 Å².